The lowest BCUT2D eigenvalue weighted by molar-refractivity contribution is 0.0991. The Morgan fingerprint density at radius 1 is 0.698 bits per heavy atom. The van der Waals surface area contributed by atoms with Crippen molar-refractivity contribution in [3.05, 3.63) is 127 Å². The molecule has 0 radical (unpaired) electrons. The second-order valence-corrected chi connectivity index (χ2v) is 13.4. The second-order valence-electron chi connectivity index (χ2n) is 9.32. The first-order valence-electron chi connectivity index (χ1n) is 12.7. The number of primary amides is 1. The van der Waals surface area contributed by atoms with Gasteiger partial charge in [-0.1, -0.05) is 67.5 Å². The van der Waals surface area contributed by atoms with Crippen LogP contribution in [0.4, 0.5) is 0 Å². The number of aliphatic imine (C=N–C) groups is 2. The van der Waals surface area contributed by atoms with Crippen molar-refractivity contribution in [2.75, 3.05) is 0 Å². The van der Waals surface area contributed by atoms with E-state index in [1.807, 2.05) is 42.5 Å². The lowest BCUT2D eigenvalue weighted by Crippen LogP contribution is -2.11. The van der Waals surface area contributed by atoms with Gasteiger partial charge in [0.05, 0.1) is 21.7 Å². The van der Waals surface area contributed by atoms with E-state index in [4.69, 9.17) is 11.0 Å². The Hall–Kier alpha value is -3.82. The molecule has 0 bridgehead atoms. The van der Waals surface area contributed by atoms with Gasteiger partial charge in [0.25, 0.3) is 11.8 Å². The Morgan fingerprint density at radius 3 is 1.70 bits per heavy atom. The summed E-state index contributed by atoms with van der Waals surface area (Å²) < 4.78 is 2.03. The summed E-state index contributed by atoms with van der Waals surface area (Å²) in [4.78, 5) is 46.2. The number of halogens is 2. The van der Waals surface area contributed by atoms with Gasteiger partial charge in [0.15, 0.2) is 0 Å². The number of nitrogens with zero attached hydrogens (tertiary/aromatic N) is 3. The van der Waals surface area contributed by atoms with Crippen LogP contribution in [0.15, 0.2) is 114 Å². The number of hydrogen-bond donors (Lipinski definition) is 1. The lowest BCUT2D eigenvalue weighted by atomic mass is 10.1. The summed E-state index contributed by atoms with van der Waals surface area (Å²) in [5, 5.41) is 10.4. The minimum absolute atomic E-state index is 0.303. The average molecular weight is 732 g/mol. The molecular formula is C32H20Br2N4O3S2. The molecular weight excluding hydrogens is 712 g/mol. The van der Waals surface area contributed by atoms with E-state index in [-0.39, 0.29) is 11.8 Å². The minimum atomic E-state index is -0.560. The molecule has 2 aliphatic rings. The Labute approximate surface area is 273 Å². The summed E-state index contributed by atoms with van der Waals surface area (Å²) in [5.41, 5.74) is 9.12. The molecule has 0 fully saturated rings. The van der Waals surface area contributed by atoms with E-state index in [2.05, 4.69) is 41.8 Å². The van der Waals surface area contributed by atoms with Crippen molar-refractivity contribution in [3.63, 3.8) is 0 Å². The van der Waals surface area contributed by atoms with Crippen LogP contribution in [0, 0.1) is 11.3 Å². The molecule has 2 N–H and O–H groups in total. The smallest absolute Gasteiger partial charge is 0.277 e. The number of nitriles is 1. The third-order valence-electron chi connectivity index (χ3n) is 6.27. The van der Waals surface area contributed by atoms with Crippen LogP contribution in [-0.4, -0.2) is 27.8 Å². The first-order chi connectivity index (χ1) is 20.7. The van der Waals surface area contributed by atoms with Crippen LogP contribution in [0.5, 0.6) is 0 Å². The molecule has 4 aromatic rings. The van der Waals surface area contributed by atoms with Crippen molar-refractivity contribution in [2.24, 2.45) is 15.7 Å². The Morgan fingerprint density at radius 2 is 1.19 bits per heavy atom. The van der Waals surface area contributed by atoms with Crippen molar-refractivity contribution in [2.45, 2.75) is 22.6 Å². The lowest BCUT2D eigenvalue weighted by Gasteiger charge is -1.99. The molecule has 3 amide bonds. The summed E-state index contributed by atoms with van der Waals surface area (Å²) in [6.45, 7) is 0. The van der Waals surface area contributed by atoms with Gasteiger partial charge >= 0.3 is 0 Å². The summed E-state index contributed by atoms with van der Waals surface area (Å²) >= 11 is 9.89. The van der Waals surface area contributed by atoms with Crippen molar-refractivity contribution >= 4 is 83.2 Å². The van der Waals surface area contributed by atoms with E-state index < -0.39 is 5.91 Å². The molecule has 2 aliphatic heterocycles. The summed E-state index contributed by atoms with van der Waals surface area (Å²) in [6, 6.07) is 27.0. The third-order valence-corrected chi connectivity index (χ3v) is 9.43. The fourth-order valence-electron chi connectivity index (χ4n) is 4.23. The highest BCUT2D eigenvalue weighted by molar-refractivity contribution is 9.10. The molecule has 11 heteroatoms. The normalized spacial score (nSPS) is 14.8. The van der Waals surface area contributed by atoms with Gasteiger partial charge in [0.2, 0.25) is 5.91 Å². The molecule has 0 saturated heterocycles. The van der Waals surface area contributed by atoms with Gasteiger partial charge in [0.1, 0.15) is 0 Å². The molecule has 0 aromatic heterocycles. The number of fused-ring (bicyclic) bond motifs is 2. The number of carbonyl (C=O) groups excluding carboxylic acids is 3. The number of amides is 3. The zero-order chi connectivity index (χ0) is 30.5. The highest BCUT2D eigenvalue weighted by Crippen LogP contribution is 2.36. The molecule has 0 saturated carbocycles. The van der Waals surface area contributed by atoms with E-state index in [1.54, 1.807) is 42.5 Å². The number of nitrogens with two attached hydrogens (primary N) is 1. The second kappa shape index (κ2) is 13.7. The van der Waals surface area contributed by atoms with E-state index in [0.29, 0.717) is 35.1 Å². The van der Waals surface area contributed by atoms with Gasteiger partial charge in [-0.25, -0.2) is 9.98 Å². The molecule has 0 aliphatic carbocycles. The monoisotopic (exact) mass is 730 g/mol. The van der Waals surface area contributed by atoms with Gasteiger partial charge in [-0.3, -0.25) is 14.4 Å². The van der Waals surface area contributed by atoms with Gasteiger partial charge in [0, 0.05) is 48.3 Å². The largest absolute Gasteiger partial charge is 0.366 e. The number of thioether (sulfide) groups is 2. The summed E-state index contributed by atoms with van der Waals surface area (Å²) in [7, 11) is 0. The highest BCUT2D eigenvalue weighted by atomic mass is 79.9. The number of carbonyl (C=O) groups is 3. The van der Waals surface area contributed by atoms with Gasteiger partial charge in [-0.2, -0.15) is 5.26 Å². The Kier molecular flexibility index (Phi) is 9.72. The standard InChI is InChI=1S/C16H11BrN2O2S.C16H9BrN2OS/c17-12-4-5-13-11(7-12)8-14(22-13)19-16(21)10-3-1-2-9(6-10)15(18)20;17-13-4-5-14-12(7-13)8-15(21-14)19-16(20)11-3-1-2-10(6-11)9-18/h1-7H,8H2,(H2,18,20);1-7H,8H2. The fourth-order valence-corrected chi connectivity index (χ4v) is 7.06. The quantitative estimate of drug-likeness (QED) is 0.231. The van der Waals surface area contributed by atoms with Crippen molar-refractivity contribution in [1.82, 2.24) is 0 Å². The maximum atomic E-state index is 12.2. The summed E-state index contributed by atoms with van der Waals surface area (Å²) in [5.74, 6) is -1.23. The molecule has 6 rings (SSSR count). The molecule has 7 nitrogen and oxygen atoms in total. The fraction of sp³-hybridized carbons (Fsp3) is 0.0625. The van der Waals surface area contributed by atoms with Crippen LogP contribution >= 0.6 is 55.4 Å². The predicted octanol–water partition coefficient (Wildman–Crippen LogP) is 7.64. The zero-order valence-corrected chi connectivity index (χ0v) is 27.0. The van der Waals surface area contributed by atoms with E-state index in [9.17, 15) is 14.4 Å². The number of hydrogen-bond acceptors (Lipinski definition) is 6. The highest BCUT2D eigenvalue weighted by Gasteiger charge is 2.21. The summed E-state index contributed by atoms with van der Waals surface area (Å²) in [6.07, 6.45) is 1.31. The van der Waals surface area contributed by atoms with Crippen LogP contribution in [-0.2, 0) is 12.8 Å². The van der Waals surface area contributed by atoms with Crippen molar-refractivity contribution in [3.8, 4) is 6.07 Å². The topological polar surface area (TPSA) is 126 Å². The van der Waals surface area contributed by atoms with E-state index in [1.165, 1.54) is 35.2 Å². The van der Waals surface area contributed by atoms with Crippen LogP contribution in [0.3, 0.4) is 0 Å². The number of benzene rings is 4. The Bertz CT molecular complexity index is 1900. The third kappa shape index (κ3) is 7.77. The molecule has 0 atom stereocenters. The first kappa shape index (κ1) is 30.6. The van der Waals surface area contributed by atoms with Crippen LogP contribution < -0.4 is 5.73 Å². The van der Waals surface area contributed by atoms with Gasteiger partial charge in [-0.15, -0.1) is 0 Å². The molecule has 2 heterocycles. The van der Waals surface area contributed by atoms with Gasteiger partial charge < -0.3 is 5.73 Å². The Balaban J connectivity index is 0.000000171. The molecule has 0 unspecified atom stereocenters. The number of rotatable bonds is 3. The maximum Gasteiger partial charge on any atom is 0.277 e. The SMILES string of the molecule is N#Cc1cccc(C(=O)N=C2Cc3cc(Br)ccc3S2)c1.NC(=O)c1cccc(C(=O)N=C2Cc3cc(Br)ccc3S2)c1. The minimum Gasteiger partial charge on any atom is -0.366 e. The molecule has 0 spiro atoms. The van der Waals surface area contributed by atoms with Crippen LogP contribution in [0.2, 0.25) is 0 Å². The zero-order valence-electron chi connectivity index (χ0n) is 22.2. The van der Waals surface area contributed by atoms with Crippen molar-refractivity contribution in [1.29, 1.82) is 5.26 Å². The molecule has 43 heavy (non-hydrogen) atoms. The van der Waals surface area contributed by atoms with Gasteiger partial charge in [-0.05, 0) is 83.9 Å². The van der Waals surface area contributed by atoms with Crippen LogP contribution in [0.1, 0.15) is 47.8 Å². The van der Waals surface area contributed by atoms with Crippen molar-refractivity contribution < 1.29 is 14.4 Å². The first-order valence-corrected chi connectivity index (χ1v) is 16.0. The maximum absolute atomic E-state index is 12.2. The molecule has 212 valence electrons. The van der Waals surface area contributed by atoms with E-state index in [0.717, 1.165) is 34.4 Å². The predicted molar refractivity (Wildman–Crippen MR) is 177 cm³/mol. The van der Waals surface area contributed by atoms with Crippen LogP contribution in [0.25, 0.3) is 0 Å². The molecule has 4 aromatic carbocycles. The van der Waals surface area contributed by atoms with E-state index >= 15 is 0 Å². The average Bonchev–Trinajstić information content (AvgIpc) is 3.59.